The molecule has 1 unspecified atom stereocenters. The number of aliphatic hydroxyl groups is 1. The van der Waals surface area contributed by atoms with Gasteiger partial charge in [0.2, 0.25) is 0 Å². The molecule has 32 heavy (non-hydrogen) atoms. The maximum absolute atomic E-state index is 12.8. The first-order chi connectivity index (χ1) is 15.0. The minimum Gasteiger partial charge on any atom is -0.488 e. The fraction of sp³-hybridized carbons (Fsp3) is 0.318. The van der Waals surface area contributed by atoms with E-state index in [1.807, 2.05) is 6.92 Å². The van der Waals surface area contributed by atoms with Crippen LogP contribution in [0, 0.1) is 0 Å². The molecule has 2 aromatic rings. The molecule has 0 aromatic heterocycles. The Hall–Kier alpha value is -2.42. The second-order valence-corrected chi connectivity index (χ2v) is 7.53. The number of carbonyl (C=O) groups is 1. The molecule has 0 fully saturated rings. The Morgan fingerprint density at radius 1 is 1.12 bits per heavy atom. The van der Waals surface area contributed by atoms with Crippen LogP contribution in [0.2, 0.25) is 10.0 Å². The monoisotopic (exact) mass is 492 g/mol. The van der Waals surface area contributed by atoms with Gasteiger partial charge in [-0.1, -0.05) is 30.1 Å². The zero-order valence-electron chi connectivity index (χ0n) is 17.2. The SMILES string of the molecule is CCC(=CC(=O)OC(C)CO)COc1cc(Oc2ccc(C(F)(F)F)cc2Cl)ccc1Cl. The highest BCUT2D eigenvalue weighted by Gasteiger charge is 2.31. The molecule has 174 valence electrons. The van der Waals surface area contributed by atoms with Crippen molar-refractivity contribution >= 4 is 29.2 Å². The van der Waals surface area contributed by atoms with Gasteiger partial charge in [-0.25, -0.2) is 4.79 Å². The molecule has 10 heteroatoms. The Morgan fingerprint density at radius 2 is 1.84 bits per heavy atom. The molecule has 0 aliphatic carbocycles. The zero-order valence-corrected chi connectivity index (χ0v) is 18.7. The molecular weight excluding hydrogens is 472 g/mol. The lowest BCUT2D eigenvalue weighted by Gasteiger charge is -2.14. The van der Waals surface area contributed by atoms with Crippen LogP contribution in [0.15, 0.2) is 48.0 Å². The zero-order chi connectivity index (χ0) is 23.9. The van der Waals surface area contributed by atoms with Crippen LogP contribution in [0.5, 0.6) is 17.2 Å². The summed E-state index contributed by atoms with van der Waals surface area (Å²) < 4.78 is 54.6. The quantitative estimate of drug-likeness (QED) is 0.322. The van der Waals surface area contributed by atoms with Gasteiger partial charge in [-0.15, -0.1) is 0 Å². The summed E-state index contributed by atoms with van der Waals surface area (Å²) in [5.41, 5.74) is -0.269. The van der Waals surface area contributed by atoms with E-state index in [9.17, 15) is 18.0 Å². The van der Waals surface area contributed by atoms with Gasteiger partial charge in [0.1, 0.15) is 30.0 Å². The standard InChI is InChI=1S/C22H21Cl2F3O5/c1-3-14(8-21(29)31-13(2)11-28)12-30-20-10-16(5-6-17(20)23)32-19-7-4-15(9-18(19)24)22(25,26)27/h4-10,13,28H,3,11-12H2,1-2H3. The smallest absolute Gasteiger partial charge is 0.416 e. The van der Waals surface area contributed by atoms with E-state index in [0.717, 1.165) is 18.2 Å². The van der Waals surface area contributed by atoms with Crippen molar-refractivity contribution in [3.05, 3.63) is 63.7 Å². The van der Waals surface area contributed by atoms with Gasteiger partial charge in [-0.2, -0.15) is 13.2 Å². The third-order valence-corrected chi connectivity index (χ3v) is 4.76. The van der Waals surface area contributed by atoms with Crippen molar-refractivity contribution in [1.82, 2.24) is 0 Å². The van der Waals surface area contributed by atoms with Gasteiger partial charge in [0.05, 0.1) is 22.2 Å². The Labute approximate surface area is 193 Å². The lowest BCUT2D eigenvalue weighted by atomic mass is 10.2. The number of ether oxygens (including phenoxy) is 3. The maximum atomic E-state index is 12.8. The average molecular weight is 493 g/mol. The second-order valence-electron chi connectivity index (χ2n) is 6.71. The van der Waals surface area contributed by atoms with Gasteiger partial charge in [0.25, 0.3) is 0 Å². The van der Waals surface area contributed by atoms with E-state index in [0.29, 0.717) is 12.0 Å². The molecule has 2 aromatic carbocycles. The highest BCUT2D eigenvalue weighted by molar-refractivity contribution is 6.32. The molecular formula is C22H21Cl2F3O5. The van der Waals surface area contributed by atoms with Crippen molar-refractivity contribution in [2.75, 3.05) is 13.2 Å². The van der Waals surface area contributed by atoms with E-state index in [2.05, 4.69) is 0 Å². The third kappa shape index (κ3) is 7.62. The van der Waals surface area contributed by atoms with E-state index in [1.165, 1.54) is 24.3 Å². The average Bonchev–Trinajstić information content (AvgIpc) is 2.73. The Balaban J connectivity index is 2.11. The number of rotatable bonds is 9. The summed E-state index contributed by atoms with van der Waals surface area (Å²) >= 11 is 12.1. The molecule has 0 aliphatic rings. The largest absolute Gasteiger partial charge is 0.488 e. The summed E-state index contributed by atoms with van der Waals surface area (Å²) in [5.74, 6) is -0.0946. The number of halogens is 5. The van der Waals surface area contributed by atoms with Gasteiger partial charge >= 0.3 is 12.1 Å². The van der Waals surface area contributed by atoms with Gasteiger partial charge < -0.3 is 19.3 Å². The summed E-state index contributed by atoms with van der Waals surface area (Å²) in [6, 6.07) is 7.22. The fourth-order valence-electron chi connectivity index (χ4n) is 2.40. The Bertz CT molecular complexity index is 977. The molecule has 2 rings (SSSR count). The van der Waals surface area contributed by atoms with Crippen LogP contribution in [-0.4, -0.2) is 30.4 Å². The molecule has 1 atom stereocenters. The molecule has 0 saturated heterocycles. The highest BCUT2D eigenvalue weighted by Crippen LogP contribution is 2.38. The first-order valence-electron chi connectivity index (χ1n) is 9.51. The van der Waals surface area contributed by atoms with Crippen molar-refractivity contribution in [2.24, 2.45) is 0 Å². The van der Waals surface area contributed by atoms with Crippen LogP contribution in [0.4, 0.5) is 13.2 Å². The summed E-state index contributed by atoms with van der Waals surface area (Å²) in [7, 11) is 0. The van der Waals surface area contributed by atoms with Crippen LogP contribution in [0.1, 0.15) is 25.8 Å². The summed E-state index contributed by atoms with van der Waals surface area (Å²) in [6.07, 6.45) is -3.37. The van der Waals surface area contributed by atoms with Gasteiger partial charge in [0.15, 0.2) is 0 Å². The van der Waals surface area contributed by atoms with Crippen LogP contribution in [-0.2, 0) is 15.7 Å². The Morgan fingerprint density at radius 3 is 2.44 bits per heavy atom. The number of carbonyl (C=O) groups excluding carboxylic acids is 1. The first-order valence-corrected chi connectivity index (χ1v) is 10.3. The number of hydrogen-bond acceptors (Lipinski definition) is 5. The van der Waals surface area contributed by atoms with Crippen LogP contribution in [0.25, 0.3) is 0 Å². The van der Waals surface area contributed by atoms with Crippen molar-refractivity contribution in [3.8, 4) is 17.2 Å². The van der Waals surface area contributed by atoms with E-state index in [-0.39, 0.29) is 40.5 Å². The van der Waals surface area contributed by atoms with Crippen molar-refractivity contribution in [3.63, 3.8) is 0 Å². The minimum atomic E-state index is -4.52. The van der Waals surface area contributed by atoms with Gasteiger partial charge in [-0.3, -0.25) is 0 Å². The molecule has 0 spiro atoms. The minimum absolute atomic E-state index is 0.0304. The topological polar surface area (TPSA) is 65.0 Å². The molecule has 0 aliphatic heterocycles. The second kappa shape index (κ2) is 11.4. The molecule has 0 saturated carbocycles. The van der Waals surface area contributed by atoms with Gasteiger partial charge in [-0.05, 0) is 49.2 Å². The van der Waals surface area contributed by atoms with E-state index >= 15 is 0 Å². The summed E-state index contributed by atoms with van der Waals surface area (Å²) in [6.45, 7) is 3.12. The van der Waals surface area contributed by atoms with Gasteiger partial charge in [0, 0.05) is 12.1 Å². The first kappa shape index (κ1) is 25.8. The molecule has 0 amide bonds. The molecule has 0 heterocycles. The number of hydrogen-bond donors (Lipinski definition) is 1. The molecule has 0 bridgehead atoms. The normalized spacial score (nSPS) is 12.9. The van der Waals surface area contributed by atoms with Crippen molar-refractivity contribution in [2.45, 2.75) is 32.5 Å². The predicted molar refractivity (Wildman–Crippen MR) is 114 cm³/mol. The number of aliphatic hydroxyl groups excluding tert-OH is 1. The molecule has 1 N–H and O–H groups in total. The Kier molecular flexibility index (Phi) is 9.24. The van der Waals surface area contributed by atoms with E-state index in [4.69, 9.17) is 42.5 Å². The lowest BCUT2D eigenvalue weighted by molar-refractivity contribution is -0.144. The lowest BCUT2D eigenvalue weighted by Crippen LogP contribution is -2.17. The maximum Gasteiger partial charge on any atom is 0.416 e. The number of esters is 1. The summed E-state index contributed by atoms with van der Waals surface area (Å²) in [5, 5.41) is 9.01. The number of benzene rings is 2. The number of alkyl halides is 3. The van der Waals surface area contributed by atoms with Crippen molar-refractivity contribution in [1.29, 1.82) is 0 Å². The van der Waals surface area contributed by atoms with Crippen molar-refractivity contribution < 1.29 is 37.3 Å². The predicted octanol–water partition coefficient (Wildman–Crippen LogP) is 6.44. The summed E-state index contributed by atoms with van der Waals surface area (Å²) in [4.78, 5) is 11.8. The fourth-order valence-corrected chi connectivity index (χ4v) is 2.79. The highest BCUT2D eigenvalue weighted by atomic mass is 35.5. The van der Waals surface area contributed by atoms with Crippen LogP contribution in [0.3, 0.4) is 0 Å². The van der Waals surface area contributed by atoms with Crippen LogP contribution < -0.4 is 9.47 Å². The van der Waals surface area contributed by atoms with E-state index in [1.54, 1.807) is 6.92 Å². The van der Waals surface area contributed by atoms with Crippen LogP contribution >= 0.6 is 23.2 Å². The third-order valence-electron chi connectivity index (χ3n) is 4.15. The molecule has 0 radical (unpaired) electrons. The molecule has 5 nitrogen and oxygen atoms in total. The van der Waals surface area contributed by atoms with E-state index < -0.39 is 23.8 Å².